The van der Waals surface area contributed by atoms with Crippen molar-refractivity contribution in [3.63, 3.8) is 0 Å². The van der Waals surface area contributed by atoms with E-state index in [1.807, 2.05) is 74.5 Å². The van der Waals surface area contributed by atoms with Crippen molar-refractivity contribution >= 4 is 17.9 Å². The van der Waals surface area contributed by atoms with Crippen LogP contribution in [0.25, 0.3) is 0 Å². The van der Waals surface area contributed by atoms with Crippen LogP contribution < -0.4 is 11.5 Å². The Morgan fingerprint density at radius 3 is 1.82 bits per heavy atom. The van der Waals surface area contributed by atoms with Crippen molar-refractivity contribution in [1.29, 1.82) is 0 Å². The van der Waals surface area contributed by atoms with Crippen molar-refractivity contribution in [2.24, 2.45) is 23.3 Å². The lowest BCUT2D eigenvalue weighted by atomic mass is 9.88. The van der Waals surface area contributed by atoms with E-state index in [-0.39, 0.29) is 18.8 Å². The Morgan fingerprint density at radius 1 is 0.842 bits per heavy atom. The van der Waals surface area contributed by atoms with Crippen molar-refractivity contribution in [1.82, 2.24) is 4.90 Å². The summed E-state index contributed by atoms with van der Waals surface area (Å²) in [6.07, 6.45) is -1.29. The Kier molecular flexibility index (Phi) is 11.6. The van der Waals surface area contributed by atoms with Crippen LogP contribution in [-0.4, -0.2) is 51.7 Å². The SMILES string of the molecule is CC(C)C[C@H](N)C(=O)N(C(=O)OC(C)(C)C)C(=O)[C@H](Cc1ccccc1)C[C@H](O)[C@@H](N)Cc1ccccc1. The van der Waals surface area contributed by atoms with E-state index >= 15 is 0 Å². The number of aliphatic hydroxyl groups is 1. The van der Waals surface area contributed by atoms with Gasteiger partial charge in [-0.2, -0.15) is 4.90 Å². The van der Waals surface area contributed by atoms with Crippen LogP contribution in [0.1, 0.15) is 58.6 Å². The monoisotopic (exact) mass is 525 g/mol. The van der Waals surface area contributed by atoms with E-state index in [1.165, 1.54) is 0 Å². The number of benzene rings is 2. The Balaban J connectivity index is 2.37. The highest BCUT2D eigenvalue weighted by molar-refractivity contribution is 6.11. The van der Waals surface area contributed by atoms with E-state index in [2.05, 4.69) is 0 Å². The van der Waals surface area contributed by atoms with Crippen LogP contribution in [0.15, 0.2) is 60.7 Å². The molecule has 8 heteroatoms. The van der Waals surface area contributed by atoms with Crippen molar-refractivity contribution in [2.45, 2.75) is 84.1 Å². The molecule has 0 fully saturated rings. The molecule has 0 radical (unpaired) electrons. The zero-order chi connectivity index (χ0) is 28.5. The fourth-order valence-electron chi connectivity index (χ4n) is 4.21. The fourth-order valence-corrected chi connectivity index (χ4v) is 4.21. The minimum absolute atomic E-state index is 0.0479. The summed E-state index contributed by atoms with van der Waals surface area (Å²) in [7, 11) is 0. The fraction of sp³-hybridized carbons (Fsp3) is 0.500. The molecule has 0 saturated carbocycles. The standard InChI is InChI=1S/C30H43N3O5/c1-20(2)16-25(32)28(36)33(29(37)38-30(3,4)5)27(35)23(17-21-12-8-6-9-13-21)19-26(34)24(31)18-22-14-10-7-11-15-22/h6-15,20,23-26,34H,16-19,31-32H2,1-5H3/t23-,24+,25+,26+/m1/s1. The number of nitrogens with two attached hydrogens (primary N) is 2. The first-order valence-corrected chi connectivity index (χ1v) is 13.2. The van der Waals surface area contributed by atoms with Gasteiger partial charge in [0.05, 0.1) is 12.1 Å². The first kappa shape index (κ1) is 31.1. The van der Waals surface area contributed by atoms with Gasteiger partial charge in [-0.15, -0.1) is 0 Å². The molecule has 208 valence electrons. The van der Waals surface area contributed by atoms with E-state index in [0.717, 1.165) is 11.1 Å². The van der Waals surface area contributed by atoms with Crippen LogP contribution in [0.5, 0.6) is 0 Å². The molecule has 8 nitrogen and oxygen atoms in total. The number of aliphatic hydroxyl groups excluding tert-OH is 1. The highest BCUT2D eigenvalue weighted by Gasteiger charge is 2.40. The Bertz CT molecular complexity index is 1040. The summed E-state index contributed by atoms with van der Waals surface area (Å²) >= 11 is 0. The molecule has 0 bridgehead atoms. The second-order valence-corrected chi connectivity index (χ2v) is 11.3. The molecule has 0 heterocycles. The van der Waals surface area contributed by atoms with Gasteiger partial charge in [0.25, 0.3) is 5.91 Å². The predicted molar refractivity (Wildman–Crippen MR) is 148 cm³/mol. The summed E-state index contributed by atoms with van der Waals surface area (Å²) in [6.45, 7) is 8.75. The summed E-state index contributed by atoms with van der Waals surface area (Å²) in [6, 6.07) is 17.0. The molecule has 0 aromatic heterocycles. The van der Waals surface area contributed by atoms with Crippen LogP contribution in [0.2, 0.25) is 0 Å². The van der Waals surface area contributed by atoms with E-state index in [4.69, 9.17) is 16.2 Å². The zero-order valence-electron chi connectivity index (χ0n) is 23.2. The Hall–Kier alpha value is -3.07. The van der Waals surface area contributed by atoms with Gasteiger partial charge in [-0.05, 0) is 63.5 Å². The summed E-state index contributed by atoms with van der Waals surface area (Å²) in [5.74, 6) is -2.43. The Morgan fingerprint density at radius 2 is 1.34 bits per heavy atom. The van der Waals surface area contributed by atoms with Gasteiger partial charge in [0.1, 0.15) is 5.60 Å². The predicted octanol–water partition coefficient (Wildman–Crippen LogP) is 3.83. The van der Waals surface area contributed by atoms with Crippen LogP contribution >= 0.6 is 0 Å². The zero-order valence-corrected chi connectivity index (χ0v) is 23.2. The molecule has 3 amide bonds. The molecule has 5 N–H and O–H groups in total. The van der Waals surface area contributed by atoms with Gasteiger partial charge in [-0.25, -0.2) is 4.79 Å². The van der Waals surface area contributed by atoms with Crippen molar-refractivity contribution < 1.29 is 24.2 Å². The van der Waals surface area contributed by atoms with Crippen molar-refractivity contribution in [2.75, 3.05) is 0 Å². The van der Waals surface area contributed by atoms with Gasteiger partial charge in [0, 0.05) is 12.0 Å². The van der Waals surface area contributed by atoms with Crippen LogP contribution in [-0.2, 0) is 27.2 Å². The average molecular weight is 526 g/mol. The normalized spacial score (nSPS) is 14.9. The van der Waals surface area contributed by atoms with E-state index in [0.29, 0.717) is 17.7 Å². The van der Waals surface area contributed by atoms with Gasteiger partial charge in [0.2, 0.25) is 5.91 Å². The minimum Gasteiger partial charge on any atom is -0.443 e. The minimum atomic E-state index is -1.08. The van der Waals surface area contributed by atoms with Gasteiger partial charge in [0.15, 0.2) is 0 Å². The van der Waals surface area contributed by atoms with E-state index < -0.39 is 47.6 Å². The lowest BCUT2D eigenvalue weighted by Crippen LogP contribution is -2.54. The lowest BCUT2D eigenvalue weighted by Gasteiger charge is -2.31. The summed E-state index contributed by atoms with van der Waals surface area (Å²) < 4.78 is 5.43. The van der Waals surface area contributed by atoms with Crippen molar-refractivity contribution in [3.05, 3.63) is 71.8 Å². The Labute approximate surface area is 226 Å². The van der Waals surface area contributed by atoms with Gasteiger partial charge >= 0.3 is 6.09 Å². The van der Waals surface area contributed by atoms with Crippen LogP contribution in [0.4, 0.5) is 4.79 Å². The number of amides is 3. The molecule has 0 spiro atoms. The molecular formula is C30H43N3O5. The van der Waals surface area contributed by atoms with Crippen molar-refractivity contribution in [3.8, 4) is 0 Å². The number of hydrogen-bond donors (Lipinski definition) is 3. The third kappa shape index (κ3) is 10.0. The third-order valence-corrected chi connectivity index (χ3v) is 6.07. The molecule has 2 rings (SSSR count). The molecule has 0 aliphatic carbocycles. The smallest absolute Gasteiger partial charge is 0.424 e. The summed E-state index contributed by atoms with van der Waals surface area (Å²) in [4.78, 5) is 41.0. The lowest BCUT2D eigenvalue weighted by molar-refractivity contribution is -0.147. The molecule has 2 aromatic carbocycles. The van der Waals surface area contributed by atoms with E-state index in [1.54, 1.807) is 20.8 Å². The maximum Gasteiger partial charge on any atom is 0.424 e. The third-order valence-electron chi connectivity index (χ3n) is 6.07. The molecule has 0 unspecified atom stereocenters. The number of hydrogen-bond acceptors (Lipinski definition) is 7. The van der Waals surface area contributed by atoms with Crippen LogP contribution in [0.3, 0.4) is 0 Å². The average Bonchev–Trinajstić information content (AvgIpc) is 2.83. The second-order valence-electron chi connectivity index (χ2n) is 11.3. The molecule has 38 heavy (non-hydrogen) atoms. The number of imide groups is 3. The summed E-state index contributed by atoms with van der Waals surface area (Å²) in [5.41, 5.74) is 13.3. The first-order chi connectivity index (χ1) is 17.8. The number of carbonyl (C=O) groups is 3. The number of ether oxygens (including phenoxy) is 1. The largest absolute Gasteiger partial charge is 0.443 e. The van der Waals surface area contributed by atoms with Gasteiger partial charge in [-0.3, -0.25) is 9.59 Å². The number of nitrogens with zero attached hydrogens (tertiary/aromatic N) is 1. The molecular weight excluding hydrogens is 482 g/mol. The molecule has 0 aliphatic heterocycles. The highest BCUT2D eigenvalue weighted by atomic mass is 16.6. The number of carbonyl (C=O) groups excluding carboxylic acids is 3. The van der Waals surface area contributed by atoms with Gasteiger partial charge in [-0.1, -0.05) is 74.5 Å². The molecule has 0 saturated heterocycles. The quantitative estimate of drug-likeness (QED) is 0.406. The molecule has 0 aliphatic rings. The van der Waals surface area contributed by atoms with E-state index in [9.17, 15) is 19.5 Å². The highest BCUT2D eigenvalue weighted by Crippen LogP contribution is 2.23. The molecule has 4 atom stereocenters. The maximum atomic E-state index is 13.9. The maximum absolute atomic E-state index is 13.9. The number of rotatable bonds is 11. The summed E-state index contributed by atoms with van der Waals surface area (Å²) in [5, 5.41) is 11.0. The van der Waals surface area contributed by atoms with Crippen LogP contribution in [0, 0.1) is 11.8 Å². The van der Waals surface area contributed by atoms with Gasteiger partial charge < -0.3 is 21.3 Å². The topological polar surface area (TPSA) is 136 Å². The molecule has 2 aromatic rings. The second kappa shape index (κ2) is 14.2. The first-order valence-electron chi connectivity index (χ1n) is 13.2.